The van der Waals surface area contributed by atoms with Crippen LogP contribution in [0.2, 0.25) is 0 Å². The highest BCUT2D eigenvalue weighted by molar-refractivity contribution is 8.04. The molecule has 4 nitrogen and oxygen atoms in total. The number of nitrogens with one attached hydrogen (secondary N) is 1. The van der Waals surface area contributed by atoms with E-state index in [0.29, 0.717) is 28.0 Å². The molecule has 2 amide bonds. The smallest absolute Gasteiger partial charge is 0.262 e. The minimum atomic E-state index is -0.131. The van der Waals surface area contributed by atoms with Crippen LogP contribution in [0.25, 0.3) is 6.08 Å². The number of hydrogen-bond donors (Lipinski definition) is 1. The normalized spacial score (nSPS) is 22.9. The second-order valence-electron chi connectivity index (χ2n) is 8.35. The summed E-state index contributed by atoms with van der Waals surface area (Å²) in [6.45, 7) is 8.02. The van der Waals surface area contributed by atoms with Crippen LogP contribution in [-0.2, 0) is 4.79 Å². The molecule has 2 aromatic rings. The van der Waals surface area contributed by atoms with Gasteiger partial charge in [0, 0.05) is 23.5 Å². The van der Waals surface area contributed by atoms with Crippen molar-refractivity contribution in [1.29, 1.82) is 0 Å². The number of carbonyl (C=O) groups excluding carboxylic acids is 2. The lowest BCUT2D eigenvalue weighted by molar-refractivity contribution is -0.112. The van der Waals surface area contributed by atoms with Crippen molar-refractivity contribution in [2.24, 2.45) is 11.8 Å². The van der Waals surface area contributed by atoms with Gasteiger partial charge in [0.15, 0.2) is 0 Å². The highest BCUT2D eigenvalue weighted by Gasteiger charge is 2.28. The van der Waals surface area contributed by atoms with E-state index in [9.17, 15) is 9.59 Å². The number of amides is 2. The van der Waals surface area contributed by atoms with E-state index in [1.165, 1.54) is 11.8 Å². The molecule has 0 aromatic heterocycles. The number of aryl methyl sites for hydroxylation is 1. The number of nitrogens with zero attached hydrogens (tertiary/aromatic N) is 1. The fourth-order valence-corrected chi connectivity index (χ4v) is 5.15. The van der Waals surface area contributed by atoms with Gasteiger partial charge in [0.25, 0.3) is 11.8 Å². The van der Waals surface area contributed by atoms with Crippen molar-refractivity contribution in [2.45, 2.75) is 32.1 Å². The molecule has 4 rings (SSSR count). The molecule has 1 fully saturated rings. The lowest BCUT2D eigenvalue weighted by Crippen LogP contribution is -2.42. The third-order valence-electron chi connectivity index (χ3n) is 5.41. The average Bonchev–Trinajstić information content (AvgIpc) is 2.67. The topological polar surface area (TPSA) is 49.4 Å². The van der Waals surface area contributed by atoms with Gasteiger partial charge in [0.1, 0.15) is 0 Å². The maximum absolute atomic E-state index is 13.0. The van der Waals surface area contributed by atoms with E-state index in [1.54, 1.807) is 0 Å². The van der Waals surface area contributed by atoms with Crippen LogP contribution in [0.5, 0.6) is 0 Å². The largest absolute Gasteiger partial charge is 0.338 e. The Bertz CT molecular complexity index is 988. The summed E-state index contributed by atoms with van der Waals surface area (Å²) in [6.07, 6.45) is 3.07. The summed E-state index contributed by atoms with van der Waals surface area (Å²) in [5.74, 6) is 0.954. The van der Waals surface area contributed by atoms with Gasteiger partial charge >= 0.3 is 0 Å². The highest BCUT2D eigenvalue weighted by atomic mass is 32.2. The van der Waals surface area contributed by atoms with Crippen molar-refractivity contribution >= 4 is 35.3 Å². The Balaban J connectivity index is 1.56. The van der Waals surface area contributed by atoms with Gasteiger partial charge in [0.05, 0.1) is 10.6 Å². The van der Waals surface area contributed by atoms with Crippen molar-refractivity contribution in [2.75, 3.05) is 18.4 Å². The van der Waals surface area contributed by atoms with Crippen LogP contribution in [0.15, 0.2) is 52.3 Å². The van der Waals surface area contributed by atoms with Crippen molar-refractivity contribution < 1.29 is 9.59 Å². The number of likely N-dealkylation sites (tertiary alicyclic amines) is 1. The molecular formula is C24H26N2O2S. The molecule has 0 saturated carbocycles. The minimum Gasteiger partial charge on any atom is -0.338 e. The zero-order chi connectivity index (χ0) is 20.5. The van der Waals surface area contributed by atoms with Crippen LogP contribution < -0.4 is 5.32 Å². The van der Waals surface area contributed by atoms with Crippen molar-refractivity contribution in [3.63, 3.8) is 0 Å². The summed E-state index contributed by atoms with van der Waals surface area (Å²) in [6, 6.07) is 13.7. The molecule has 5 heteroatoms. The first-order chi connectivity index (χ1) is 13.9. The third-order valence-corrected chi connectivity index (χ3v) is 6.51. The number of fused-ring (bicyclic) bond motifs is 1. The van der Waals surface area contributed by atoms with Gasteiger partial charge in [-0.2, -0.15) is 0 Å². The number of benzene rings is 2. The molecule has 2 heterocycles. The van der Waals surface area contributed by atoms with Crippen molar-refractivity contribution in [3.05, 3.63) is 64.1 Å². The Hall–Kier alpha value is -2.53. The molecule has 1 saturated heterocycles. The van der Waals surface area contributed by atoms with Gasteiger partial charge in [-0.15, -0.1) is 0 Å². The molecule has 2 aromatic carbocycles. The van der Waals surface area contributed by atoms with Crippen LogP contribution in [0, 0.1) is 18.8 Å². The van der Waals surface area contributed by atoms with Crippen LogP contribution in [0.1, 0.15) is 41.8 Å². The second kappa shape index (κ2) is 8.07. The molecule has 2 unspecified atom stereocenters. The van der Waals surface area contributed by atoms with Gasteiger partial charge in [-0.05, 0) is 55.0 Å². The fraction of sp³-hybridized carbons (Fsp3) is 0.333. The Morgan fingerprint density at radius 1 is 1.14 bits per heavy atom. The van der Waals surface area contributed by atoms with Crippen molar-refractivity contribution in [3.8, 4) is 0 Å². The molecule has 2 aliphatic rings. The number of piperidine rings is 1. The lowest BCUT2D eigenvalue weighted by Gasteiger charge is -2.35. The average molecular weight is 407 g/mol. The summed E-state index contributed by atoms with van der Waals surface area (Å²) in [5, 5.41) is 2.96. The summed E-state index contributed by atoms with van der Waals surface area (Å²) in [7, 11) is 0. The number of anilines is 1. The predicted octanol–water partition coefficient (Wildman–Crippen LogP) is 5.20. The quantitative estimate of drug-likeness (QED) is 0.698. The SMILES string of the molecule is Cc1cccc(C=C2Sc3ccc(C(=O)N4CC(C)CC(C)C4)cc3NC2=O)c1. The van der Waals surface area contributed by atoms with Gasteiger partial charge in [-0.3, -0.25) is 9.59 Å². The van der Waals surface area contributed by atoms with Crippen LogP contribution in [0.3, 0.4) is 0 Å². The van der Waals surface area contributed by atoms with E-state index >= 15 is 0 Å². The van der Waals surface area contributed by atoms with E-state index in [0.717, 1.165) is 35.5 Å². The van der Waals surface area contributed by atoms with E-state index in [2.05, 4.69) is 25.2 Å². The van der Waals surface area contributed by atoms with E-state index in [-0.39, 0.29) is 11.8 Å². The molecule has 0 aliphatic carbocycles. The molecule has 29 heavy (non-hydrogen) atoms. The monoisotopic (exact) mass is 406 g/mol. The summed E-state index contributed by atoms with van der Waals surface area (Å²) >= 11 is 1.45. The lowest BCUT2D eigenvalue weighted by atomic mass is 9.91. The first-order valence-electron chi connectivity index (χ1n) is 10.1. The van der Waals surface area contributed by atoms with E-state index in [4.69, 9.17) is 0 Å². The summed E-state index contributed by atoms with van der Waals surface area (Å²) < 4.78 is 0. The predicted molar refractivity (Wildman–Crippen MR) is 119 cm³/mol. The Kier molecular flexibility index (Phi) is 5.50. The van der Waals surface area contributed by atoms with Gasteiger partial charge in [-0.25, -0.2) is 0 Å². The van der Waals surface area contributed by atoms with Crippen molar-refractivity contribution in [1.82, 2.24) is 4.90 Å². The first kappa shape index (κ1) is 19.8. The number of hydrogen-bond acceptors (Lipinski definition) is 3. The second-order valence-corrected chi connectivity index (χ2v) is 9.43. The molecule has 2 aliphatic heterocycles. The molecule has 0 spiro atoms. The maximum atomic E-state index is 13.0. The number of rotatable bonds is 2. The molecular weight excluding hydrogens is 380 g/mol. The van der Waals surface area contributed by atoms with Gasteiger partial charge < -0.3 is 10.2 Å². The summed E-state index contributed by atoms with van der Waals surface area (Å²) in [5.41, 5.74) is 3.51. The van der Waals surface area contributed by atoms with Crippen LogP contribution in [0.4, 0.5) is 5.69 Å². The first-order valence-corrected chi connectivity index (χ1v) is 10.9. The highest BCUT2D eigenvalue weighted by Crippen LogP contribution is 2.39. The number of thioether (sulfide) groups is 1. The van der Waals surface area contributed by atoms with Gasteiger partial charge in [0.2, 0.25) is 0 Å². The standard InChI is InChI=1S/C24H26N2O2S/c1-15-5-4-6-18(10-15)11-22-23(27)25-20-12-19(7-8-21(20)29-22)24(28)26-13-16(2)9-17(3)14-26/h4-8,10-12,16-17H,9,13-14H2,1-3H3,(H,25,27). The van der Waals surface area contributed by atoms with Crippen LogP contribution >= 0.6 is 11.8 Å². The Morgan fingerprint density at radius 2 is 1.90 bits per heavy atom. The Labute approximate surface area is 176 Å². The van der Waals surface area contributed by atoms with Gasteiger partial charge in [-0.1, -0.05) is 55.4 Å². The molecule has 0 bridgehead atoms. The Morgan fingerprint density at radius 3 is 2.62 bits per heavy atom. The third kappa shape index (κ3) is 4.40. The number of carbonyl (C=O) groups is 2. The van der Waals surface area contributed by atoms with Crippen LogP contribution in [-0.4, -0.2) is 29.8 Å². The minimum absolute atomic E-state index is 0.0477. The van der Waals surface area contributed by atoms with E-state index in [1.807, 2.05) is 54.3 Å². The zero-order valence-corrected chi connectivity index (χ0v) is 17.9. The summed E-state index contributed by atoms with van der Waals surface area (Å²) in [4.78, 5) is 29.2. The molecule has 150 valence electrons. The van der Waals surface area contributed by atoms with E-state index < -0.39 is 0 Å². The maximum Gasteiger partial charge on any atom is 0.262 e. The fourth-order valence-electron chi connectivity index (χ4n) is 4.22. The molecule has 2 atom stereocenters. The zero-order valence-electron chi connectivity index (χ0n) is 17.1. The molecule has 0 radical (unpaired) electrons. The molecule has 1 N–H and O–H groups in total.